The molecule has 102 valence electrons. The molecule has 0 saturated carbocycles. The lowest BCUT2D eigenvalue weighted by Crippen LogP contribution is -2.30. The van der Waals surface area contributed by atoms with Crippen LogP contribution >= 0.6 is 22.6 Å². The standard InChI is InChI=1S/C15H12INO3/c1-17(14(18)12-9-5-6-10-13(12)16)20-15(19)11-7-3-2-4-8-11/h2-10H,1H3. The molecule has 0 spiro atoms. The average molecular weight is 381 g/mol. The molecule has 4 nitrogen and oxygen atoms in total. The predicted molar refractivity (Wildman–Crippen MR) is 83.1 cm³/mol. The van der Waals surface area contributed by atoms with Crippen molar-refractivity contribution in [2.24, 2.45) is 0 Å². The molecule has 0 heterocycles. The van der Waals surface area contributed by atoms with Crippen LogP contribution in [-0.2, 0) is 4.84 Å². The number of hydroxylamine groups is 2. The summed E-state index contributed by atoms with van der Waals surface area (Å²) in [6.07, 6.45) is 0. The Balaban J connectivity index is 2.09. The van der Waals surface area contributed by atoms with Crippen molar-refractivity contribution >= 4 is 34.5 Å². The maximum atomic E-state index is 12.2. The van der Waals surface area contributed by atoms with Crippen molar-refractivity contribution in [3.63, 3.8) is 0 Å². The number of hydrogen-bond donors (Lipinski definition) is 0. The minimum Gasteiger partial charge on any atom is -0.333 e. The minimum absolute atomic E-state index is 0.362. The van der Waals surface area contributed by atoms with Crippen molar-refractivity contribution in [1.82, 2.24) is 5.06 Å². The van der Waals surface area contributed by atoms with Gasteiger partial charge in [0.05, 0.1) is 11.1 Å². The quantitative estimate of drug-likeness (QED) is 0.593. The van der Waals surface area contributed by atoms with Crippen LogP contribution < -0.4 is 0 Å². The van der Waals surface area contributed by atoms with E-state index in [2.05, 4.69) is 22.6 Å². The Bertz CT molecular complexity index is 628. The zero-order valence-electron chi connectivity index (χ0n) is 10.7. The zero-order valence-corrected chi connectivity index (χ0v) is 12.9. The molecule has 0 N–H and O–H groups in total. The third kappa shape index (κ3) is 3.36. The van der Waals surface area contributed by atoms with Crippen molar-refractivity contribution in [3.05, 3.63) is 69.3 Å². The van der Waals surface area contributed by atoms with Gasteiger partial charge in [0.15, 0.2) is 0 Å². The van der Waals surface area contributed by atoms with E-state index in [1.165, 1.54) is 7.05 Å². The Hall–Kier alpha value is -1.89. The Morgan fingerprint density at radius 2 is 1.60 bits per heavy atom. The number of nitrogens with zero attached hydrogens (tertiary/aromatic N) is 1. The van der Waals surface area contributed by atoms with Crippen LogP contribution in [0.1, 0.15) is 20.7 Å². The molecule has 2 aromatic rings. The molecule has 1 amide bonds. The topological polar surface area (TPSA) is 46.6 Å². The molecule has 0 aliphatic heterocycles. The highest BCUT2D eigenvalue weighted by atomic mass is 127. The van der Waals surface area contributed by atoms with E-state index in [1.54, 1.807) is 42.5 Å². The Kier molecular flexibility index (Phi) is 4.73. The van der Waals surface area contributed by atoms with Crippen LogP contribution in [0.5, 0.6) is 0 Å². The van der Waals surface area contributed by atoms with E-state index >= 15 is 0 Å². The second kappa shape index (κ2) is 6.51. The van der Waals surface area contributed by atoms with Crippen LogP contribution in [0, 0.1) is 3.57 Å². The molecule has 2 aromatic carbocycles. The lowest BCUT2D eigenvalue weighted by molar-refractivity contribution is -0.0659. The highest BCUT2D eigenvalue weighted by Gasteiger charge is 2.19. The molecular weight excluding hydrogens is 369 g/mol. The fourth-order valence-corrected chi connectivity index (χ4v) is 2.22. The molecule has 2 rings (SSSR count). The van der Waals surface area contributed by atoms with Gasteiger partial charge in [-0.3, -0.25) is 4.79 Å². The van der Waals surface area contributed by atoms with Crippen LogP contribution in [0.25, 0.3) is 0 Å². The molecule has 0 unspecified atom stereocenters. The lowest BCUT2D eigenvalue weighted by Gasteiger charge is -2.16. The molecule has 0 atom stereocenters. The fourth-order valence-electron chi connectivity index (χ4n) is 1.60. The summed E-state index contributed by atoms with van der Waals surface area (Å²) in [7, 11) is 1.42. The van der Waals surface area contributed by atoms with Crippen LogP contribution in [0.3, 0.4) is 0 Å². The van der Waals surface area contributed by atoms with Gasteiger partial charge in [-0.1, -0.05) is 30.3 Å². The summed E-state index contributed by atoms with van der Waals surface area (Å²) >= 11 is 2.07. The van der Waals surface area contributed by atoms with Gasteiger partial charge in [-0.25, -0.2) is 4.79 Å². The van der Waals surface area contributed by atoms with Crippen molar-refractivity contribution in [1.29, 1.82) is 0 Å². The molecule has 0 aromatic heterocycles. The molecule has 0 radical (unpaired) electrons. The molecule has 5 heteroatoms. The average Bonchev–Trinajstić information content (AvgIpc) is 2.48. The Morgan fingerprint density at radius 1 is 1.00 bits per heavy atom. The molecule has 0 fully saturated rings. The number of carbonyl (C=O) groups is 2. The van der Waals surface area contributed by atoms with Crippen molar-refractivity contribution < 1.29 is 14.4 Å². The van der Waals surface area contributed by atoms with Gasteiger partial charge in [0.2, 0.25) is 0 Å². The van der Waals surface area contributed by atoms with E-state index in [9.17, 15) is 9.59 Å². The highest BCUT2D eigenvalue weighted by molar-refractivity contribution is 14.1. The normalized spacial score (nSPS) is 9.90. The molecule has 0 bridgehead atoms. The van der Waals surface area contributed by atoms with Gasteiger partial charge < -0.3 is 4.84 Å². The van der Waals surface area contributed by atoms with Crippen LogP contribution in [-0.4, -0.2) is 24.0 Å². The van der Waals surface area contributed by atoms with Gasteiger partial charge in [-0.05, 0) is 46.9 Å². The van der Waals surface area contributed by atoms with Gasteiger partial charge >= 0.3 is 5.97 Å². The van der Waals surface area contributed by atoms with Gasteiger partial charge in [0, 0.05) is 10.6 Å². The lowest BCUT2D eigenvalue weighted by atomic mass is 10.2. The smallest absolute Gasteiger partial charge is 0.333 e. The highest BCUT2D eigenvalue weighted by Crippen LogP contribution is 2.14. The third-order valence-electron chi connectivity index (χ3n) is 2.62. The summed E-state index contributed by atoms with van der Waals surface area (Å²) in [6.45, 7) is 0. The number of rotatable bonds is 2. The zero-order chi connectivity index (χ0) is 14.5. The summed E-state index contributed by atoms with van der Waals surface area (Å²) < 4.78 is 0.803. The molecular formula is C15H12INO3. The van der Waals surface area contributed by atoms with E-state index in [-0.39, 0.29) is 5.91 Å². The summed E-state index contributed by atoms with van der Waals surface area (Å²) in [4.78, 5) is 29.1. The maximum Gasteiger partial charge on any atom is 0.363 e. The van der Waals surface area contributed by atoms with Crippen molar-refractivity contribution in [2.75, 3.05) is 7.05 Å². The first-order valence-corrected chi connectivity index (χ1v) is 6.97. The maximum absolute atomic E-state index is 12.2. The van der Waals surface area contributed by atoms with Crippen molar-refractivity contribution in [2.45, 2.75) is 0 Å². The summed E-state index contributed by atoms with van der Waals surface area (Å²) in [5, 5.41) is 0.951. The number of carbonyl (C=O) groups excluding carboxylic acids is 2. The molecule has 0 aliphatic carbocycles. The second-order valence-corrected chi connectivity index (χ2v) is 5.19. The fraction of sp³-hybridized carbons (Fsp3) is 0.0667. The third-order valence-corrected chi connectivity index (χ3v) is 3.56. The molecule has 0 saturated heterocycles. The van der Waals surface area contributed by atoms with E-state index < -0.39 is 5.97 Å². The summed E-state index contributed by atoms with van der Waals surface area (Å²) in [5.41, 5.74) is 0.895. The van der Waals surface area contributed by atoms with E-state index in [4.69, 9.17) is 4.84 Å². The van der Waals surface area contributed by atoms with Gasteiger partial charge in [0.1, 0.15) is 0 Å². The van der Waals surface area contributed by atoms with Gasteiger partial charge in [-0.2, -0.15) is 5.06 Å². The van der Waals surface area contributed by atoms with Gasteiger partial charge in [0.25, 0.3) is 5.91 Å². The van der Waals surface area contributed by atoms with E-state index in [0.717, 1.165) is 8.63 Å². The number of amides is 1. The number of halogens is 1. The predicted octanol–water partition coefficient (Wildman–Crippen LogP) is 3.14. The summed E-state index contributed by atoms with van der Waals surface area (Å²) in [6, 6.07) is 15.7. The SMILES string of the molecule is CN(OC(=O)c1ccccc1)C(=O)c1ccccc1I. The first-order valence-electron chi connectivity index (χ1n) is 5.89. The summed E-state index contributed by atoms with van der Waals surface area (Å²) in [5.74, 6) is -0.924. The Morgan fingerprint density at radius 3 is 2.25 bits per heavy atom. The van der Waals surface area contributed by atoms with Crippen LogP contribution in [0.2, 0.25) is 0 Å². The largest absolute Gasteiger partial charge is 0.363 e. The monoisotopic (exact) mass is 381 g/mol. The Labute approximate surface area is 130 Å². The first-order chi connectivity index (χ1) is 9.59. The van der Waals surface area contributed by atoms with Crippen molar-refractivity contribution in [3.8, 4) is 0 Å². The van der Waals surface area contributed by atoms with E-state index in [1.807, 2.05) is 12.1 Å². The molecule has 20 heavy (non-hydrogen) atoms. The number of hydrogen-bond acceptors (Lipinski definition) is 3. The minimum atomic E-state index is -0.563. The van der Waals surface area contributed by atoms with Crippen LogP contribution in [0.4, 0.5) is 0 Å². The van der Waals surface area contributed by atoms with Crippen LogP contribution in [0.15, 0.2) is 54.6 Å². The van der Waals surface area contributed by atoms with E-state index in [0.29, 0.717) is 11.1 Å². The first kappa shape index (κ1) is 14.5. The molecule has 0 aliphatic rings. The second-order valence-electron chi connectivity index (χ2n) is 4.03. The van der Waals surface area contributed by atoms with Gasteiger partial charge in [-0.15, -0.1) is 0 Å². The number of benzene rings is 2.